The molecule has 0 aliphatic rings. The molecule has 0 saturated heterocycles. The lowest BCUT2D eigenvalue weighted by atomic mass is 10.2. The minimum atomic E-state index is -0.0508. The number of pyridine rings is 1. The molecule has 0 unspecified atom stereocenters. The number of hydrogen-bond donors (Lipinski definition) is 2. The van der Waals surface area contributed by atoms with E-state index in [-0.39, 0.29) is 5.91 Å². The van der Waals surface area contributed by atoms with Crippen LogP contribution in [0.25, 0.3) is 0 Å². The van der Waals surface area contributed by atoms with Crippen molar-refractivity contribution in [3.63, 3.8) is 0 Å². The lowest BCUT2D eigenvalue weighted by Gasteiger charge is -2.11. The predicted octanol–water partition coefficient (Wildman–Crippen LogP) is 2.61. The van der Waals surface area contributed by atoms with Crippen LogP contribution < -0.4 is 14.8 Å². The Balaban J connectivity index is 1.97. The van der Waals surface area contributed by atoms with Crippen molar-refractivity contribution in [2.45, 2.75) is 19.6 Å². The summed E-state index contributed by atoms with van der Waals surface area (Å²) in [5, 5.41) is 2.78. The third-order valence-electron chi connectivity index (χ3n) is 3.12. The number of carbonyl (C=O) groups is 1. The van der Waals surface area contributed by atoms with Gasteiger partial charge in [-0.05, 0) is 23.4 Å². The van der Waals surface area contributed by atoms with E-state index in [1.54, 1.807) is 13.2 Å². The molecule has 23 heavy (non-hydrogen) atoms. The van der Waals surface area contributed by atoms with Crippen LogP contribution in [0.3, 0.4) is 0 Å². The summed E-state index contributed by atoms with van der Waals surface area (Å²) in [5.41, 5.74) is 1.78. The molecule has 0 aliphatic carbocycles. The summed E-state index contributed by atoms with van der Waals surface area (Å²) >= 11 is 4.03. The Bertz CT molecular complexity index is 635. The zero-order valence-electron chi connectivity index (χ0n) is 13.0. The van der Waals surface area contributed by atoms with Gasteiger partial charge in [-0.15, -0.1) is 0 Å². The summed E-state index contributed by atoms with van der Waals surface area (Å²) in [6, 6.07) is 13.5. The smallest absolute Gasteiger partial charge is 0.257 e. The molecule has 1 heterocycles. The quantitative estimate of drug-likeness (QED) is 0.730. The first kappa shape index (κ1) is 17.1. The van der Waals surface area contributed by atoms with Gasteiger partial charge in [0.25, 0.3) is 5.88 Å². The summed E-state index contributed by atoms with van der Waals surface area (Å²) in [5.74, 6) is 1.45. The maximum absolute atomic E-state index is 11.5. The number of rotatable bonds is 8. The molecule has 1 N–H and O–H groups in total. The van der Waals surface area contributed by atoms with Gasteiger partial charge in [0.1, 0.15) is 6.61 Å². The number of thiol groups is 1. The van der Waals surface area contributed by atoms with E-state index >= 15 is 0 Å². The molecule has 0 aliphatic heterocycles. The average molecular weight is 332 g/mol. The Kier molecular flexibility index (Phi) is 6.75. The van der Waals surface area contributed by atoms with E-state index in [0.29, 0.717) is 42.6 Å². The Labute approximate surface area is 141 Å². The molecule has 5 nitrogen and oxygen atoms in total. The lowest BCUT2D eigenvalue weighted by molar-refractivity contribution is -0.120. The summed E-state index contributed by atoms with van der Waals surface area (Å²) < 4.78 is 11.0. The molecule has 0 bridgehead atoms. The molecule has 1 amide bonds. The second-order valence-corrected chi connectivity index (χ2v) is 5.28. The number of benzene rings is 1. The number of nitrogens with zero attached hydrogens (tertiary/aromatic N) is 1. The monoisotopic (exact) mass is 332 g/mol. The fourth-order valence-electron chi connectivity index (χ4n) is 1.93. The van der Waals surface area contributed by atoms with E-state index in [9.17, 15) is 4.79 Å². The molecule has 0 atom stereocenters. The zero-order valence-corrected chi connectivity index (χ0v) is 13.9. The number of methoxy groups -OCH3 is 1. The van der Waals surface area contributed by atoms with Crippen molar-refractivity contribution in [2.75, 3.05) is 12.9 Å². The van der Waals surface area contributed by atoms with Gasteiger partial charge in [0.2, 0.25) is 5.91 Å². The van der Waals surface area contributed by atoms with Crippen molar-refractivity contribution in [1.82, 2.24) is 10.3 Å². The Hall–Kier alpha value is -2.21. The van der Waals surface area contributed by atoms with E-state index < -0.39 is 0 Å². The van der Waals surface area contributed by atoms with Crippen LogP contribution in [0.4, 0.5) is 0 Å². The number of nitrogens with one attached hydrogen (secondary N) is 1. The SMILES string of the molecule is COc1nc(CNC(=O)CCS)ccc1OCc1ccccc1. The number of hydrogen-bond acceptors (Lipinski definition) is 5. The average Bonchev–Trinajstić information content (AvgIpc) is 2.59. The largest absolute Gasteiger partial charge is 0.483 e. The highest BCUT2D eigenvalue weighted by Gasteiger charge is 2.09. The van der Waals surface area contributed by atoms with Crippen LogP contribution in [0.5, 0.6) is 11.6 Å². The van der Waals surface area contributed by atoms with Crippen molar-refractivity contribution in [2.24, 2.45) is 0 Å². The van der Waals surface area contributed by atoms with E-state index in [2.05, 4.69) is 22.9 Å². The first-order valence-corrected chi connectivity index (χ1v) is 7.94. The molecule has 2 aromatic rings. The third-order valence-corrected chi connectivity index (χ3v) is 3.34. The predicted molar refractivity (Wildman–Crippen MR) is 91.9 cm³/mol. The summed E-state index contributed by atoms with van der Waals surface area (Å²) in [7, 11) is 1.54. The van der Waals surface area contributed by atoms with Gasteiger partial charge >= 0.3 is 0 Å². The molecular weight excluding hydrogens is 312 g/mol. The standard InChI is InChI=1S/C17H20N2O3S/c1-21-17-15(22-12-13-5-3-2-4-6-13)8-7-14(19-17)11-18-16(20)9-10-23/h2-8,23H,9-12H2,1H3,(H,18,20). The Morgan fingerprint density at radius 3 is 2.70 bits per heavy atom. The van der Waals surface area contributed by atoms with Crippen molar-refractivity contribution < 1.29 is 14.3 Å². The number of carbonyl (C=O) groups excluding carboxylic acids is 1. The van der Waals surface area contributed by atoms with Gasteiger partial charge in [-0.1, -0.05) is 30.3 Å². The highest BCUT2D eigenvalue weighted by molar-refractivity contribution is 7.80. The van der Waals surface area contributed by atoms with Gasteiger partial charge in [0, 0.05) is 6.42 Å². The topological polar surface area (TPSA) is 60.5 Å². The molecule has 0 spiro atoms. The van der Waals surface area contributed by atoms with Crippen LogP contribution in [-0.4, -0.2) is 23.8 Å². The first-order chi connectivity index (χ1) is 11.2. The van der Waals surface area contributed by atoms with Gasteiger partial charge < -0.3 is 14.8 Å². The van der Waals surface area contributed by atoms with Gasteiger partial charge in [-0.3, -0.25) is 4.79 Å². The number of amides is 1. The second kappa shape index (κ2) is 9.05. The molecule has 0 radical (unpaired) electrons. The van der Waals surface area contributed by atoms with Crippen molar-refractivity contribution in [1.29, 1.82) is 0 Å². The summed E-state index contributed by atoms with van der Waals surface area (Å²) in [4.78, 5) is 15.8. The Morgan fingerprint density at radius 1 is 1.22 bits per heavy atom. The van der Waals surface area contributed by atoms with Crippen LogP contribution in [0, 0.1) is 0 Å². The van der Waals surface area contributed by atoms with Crippen LogP contribution in [-0.2, 0) is 17.9 Å². The minimum absolute atomic E-state index is 0.0508. The van der Waals surface area contributed by atoms with Crippen molar-refractivity contribution in [3.8, 4) is 11.6 Å². The third kappa shape index (κ3) is 5.49. The first-order valence-electron chi connectivity index (χ1n) is 7.31. The van der Waals surface area contributed by atoms with Crippen molar-refractivity contribution in [3.05, 3.63) is 53.7 Å². The fraction of sp³-hybridized carbons (Fsp3) is 0.294. The normalized spacial score (nSPS) is 10.2. The zero-order chi connectivity index (χ0) is 16.5. The number of aromatic nitrogens is 1. The van der Waals surface area contributed by atoms with Gasteiger partial charge in [-0.2, -0.15) is 12.6 Å². The molecule has 0 saturated carbocycles. The van der Waals surface area contributed by atoms with Gasteiger partial charge in [-0.25, -0.2) is 4.98 Å². The maximum Gasteiger partial charge on any atom is 0.257 e. The molecular formula is C17H20N2O3S. The second-order valence-electron chi connectivity index (χ2n) is 4.83. The number of ether oxygens (including phenoxy) is 2. The molecule has 1 aromatic carbocycles. The van der Waals surface area contributed by atoms with E-state index in [1.165, 1.54) is 0 Å². The molecule has 1 aromatic heterocycles. The Morgan fingerprint density at radius 2 is 2.00 bits per heavy atom. The summed E-state index contributed by atoms with van der Waals surface area (Å²) in [6.07, 6.45) is 0.387. The van der Waals surface area contributed by atoms with Gasteiger partial charge in [0.15, 0.2) is 5.75 Å². The van der Waals surface area contributed by atoms with Crippen molar-refractivity contribution >= 4 is 18.5 Å². The fourth-order valence-corrected chi connectivity index (χ4v) is 2.14. The minimum Gasteiger partial charge on any atom is -0.483 e. The van der Waals surface area contributed by atoms with Gasteiger partial charge in [0.05, 0.1) is 19.3 Å². The molecule has 122 valence electrons. The van der Waals surface area contributed by atoms with E-state index in [4.69, 9.17) is 9.47 Å². The highest BCUT2D eigenvalue weighted by Crippen LogP contribution is 2.25. The van der Waals surface area contributed by atoms with E-state index in [1.807, 2.05) is 36.4 Å². The summed E-state index contributed by atoms with van der Waals surface area (Å²) in [6.45, 7) is 0.791. The van der Waals surface area contributed by atoms with Crippen LogP contribution in [0.2, 0.25) is 0 Å². The van der Waals surface area contributed by atoms with Crippen LogP contribution >= 0.6 is 12.6 Å². The van der Waals surface area contributed by atoms with E-state index in [0.717, 1.165) is 5.56 Å². The van der Waals surface area contributed by atoms with Crippen LogP contribution in [0.15, 0.2) is 42.5 Å². The molecule has 6 heteroatoms. The molecule has 0 fully saturated rings. The molecule has 2 rings (SSSR count). The highest BCUT2D eigenvalue weighted by atomic mass is 32.1. The maximum atomic E-state index is 11.5. The van der Waals surface area contributed by atoms with Crippen LogP contribution in [0.1, 0.15) is 17.7 Å². The lowest BCUT2D eigenvalue weighted by Crippen LogP contribution is -2.23.